The molecule has 5 heteroatoms. The van der Waals surface area contributed by atoms with Gasteiger partial charge in [-0.25, -0.2) is 0 Å². The first kappa shape index (κ1) is 19.7. The van der Waals surface area contributed by atoms with Crippen molar-refractivity contribution in [3.8, 4) is 22.8 Å². The van der Waals surface area contributed by atoms with Gasteiger partial charge < -0.3 is 14.8 Å². The molecule has 0 aliphatic heterocycles. The second-order valence-electron chi connectivity index (χ2n) is 7.46. The van der Waals surface area contributed by atoms with Crippen LogP contribution in [0, 0.1) is 20.8 Å². The zero-order valence-electron chi connectivity index (χ0n) is 17.9. The zero-order chi connectivity index (χ0) is 21.3. The van der Waals surface area contributed by atoms with Gasteiger partial charge in [0.15, 0.2) is 17.3 Å². The third kappa shape index (κ3) is 3.66. The molecule has 4 rings (SSSR count). The largest absolute Gasteiger partial charge is 0.493 e. The quantitative estimate of drug-likeness (QED) is 0.447. The lowest BCUT2D eigenvalue weighted by atomic mass is 10.0. The molecule has 0 aliphatic carbocycles. The van der Waals surface area contributed by atoms with Crippen LogP contribution in [0.3, 0.4) is 0 Å². The predicted octanol–water partition coefficient (Wildman–Crippen LogP) is 5.98. The molecule has 0 atom stereocenters. The van der Waals surface area contributed by atoms with Crippen molar-refractivity contribution >= 4 is 22.3 Å². The standard InChI is InChI=1S/C25H25N3O2/c1-15-7-10-18(11-8-15)24-19-13-22(29-4)23(30-5)14-20(19)25(28-27-24)26-21-12-16(2)6-9-17(21)3/h6-14H,1-5H3,(H,26,28). The highest BCUT2D eigenvalue weighted by Gasteiger charge is 2.16. The smallest absolute Gasteiger partial charge is 0.161 e. The maximum atomic E-state index is 5.55. The van der Waals surface area contributed by atoms with Crippen molar-refractivity contribution in [2.24, 2.45) is 0 Å². The van der Waals surface area contributed by atoms with Crippen LogP contribution in [0.5, 0.6) is 11.5 Å². The van der Waals surface area contributed by atoms with Gasteiger partial charge in [-0.3, -0.25) is 0 Å². The summed E-state index contributed by atoms with van der Waals surface area (Å²) < 4.78 is 11.1. The van der Waals surface area contributed by atoms with Crippen molar-refractivity contribution in [1.82, 2.24) is 10.2 Å². The Balaban J connectivity index is 1.94. The minimum atomic E-state index is 0.650. The highest BCUT2D eigenvalue weighted by molar-refractivity contribution is 6.02. The molecule has 0 radical (unpaired) electrons. The summed E-state index contributed by atoms with van der Waals surface area (Å²) in [6.45, 7) is 6.21. The Bertz CT molecular complexity index is 1220. The van der Waals surface area contributed by atoms with E-state index in [9.17, 15) is 0 Å². The number of nitrogens with zero attached hydrogens (tertiary/aromatic N) is 2. The third-order valence-electron chi connectivity index (χ3n) is 5.26. The van der Waals surface area contributed by atoms with Crippen LogP contribution in [0.15, 0.2) is 54.6 Å². The van der Waals surface area contributed by atoms with Crippen molar-refractivity contribution in [2.45, 2.75) is 20.8 Å². The first-order chi connectivity index (χ1) is 14.5. The van der Waals surface area contributed by atoms with E-state index in [0.717, 1.165) is 33.3 Å². The molecule has 0 saturated heterocycles. The molecule has 30 heavy (non-hydrogen) atoms. The number of nitrogens with one attached hydrogen (secondary N) is 1. The molecule has 0 saturated carbocycles. The van der Waals surface area contributed by atoms with Gasteiger partial charge in [0.1, 0.15) is 5.69 Å². The summed E-state index contributed by atoms with van der Waals surface area (Å²) in [5.41, 5.74) is 6.32. The Kier molecular flexibility index (Phi) is 5.27. The number of hydrogen-bond donors (Lipinski definition) is 1. The molecule has 1 heterocycles. The third-order valence-corrected chi connectivity index (χ3v) is 5.26. The van der Waals surface area contributed by atoms with Gasteiger partial charge >= 0.3 is 0 Å². The number of fused-ring (bicyclic) bond motifs is 1. The van der Waals surface area contributed by atoms with Crippen molar-refractivity contribution < 1.29 is 9.47 Å². The summed E-state index contributed by atoms with van der Waals surface area (Å²) in [7, 11) is 3.27. The fourth-order valence-electron chi connectivity index (χ4n) is 3.49. The number of hydrogen-bond acceptors (Lipinski definition) is 5. The van der Waals surface area contributed by atoms with Gasteiger partial charge in [0.2, 0.25) is 0 Å². The molecule has 0 unspecified atom stereocenters. The molecule has 1 N–H and O–H groups in total. The topological polar surface area (TPSA) is 56.3 Å². The minimum absolute atomic E-state index is 0.650. The molecule has 5 nitrogen and oxygen atoms in total. The van der Waals surface area contributed by atoms with Gasteiger partial charge in [-0.2, -0.15) is 0 Å². The molecule has 4 aromatic rings. The summed E-state index contributed by atoms with van der Waals surface area (Å²) in [6, 6.07) is 18.5. The molecule has 1 aromatic heterocycles. The average molecular weight is 399 g/mol. The Hall–Kier alpha value is -3.60. The number of benzene rings is 3. The van der Waals surface area contributed by atoms with Crippen LogP contribution in [0.4, 0.5) is 11.5 Å². The minimum Gasteiger partial charge on any atom is -0.493 e. The average Bonchev–Trinajstić information content (AvgIpc) is 2.76. The normalized spacial score (nSPS) is 10.8. The summed E-state index contributed by atoms with van der Waals surface area (Å²) in [5, 5.41) is 14.4. The molecule has 152 valence electrons. The van der Waals surface area contributed by atoms with Crippen molar-refractivity contribution in [3.05, 3.63) is 71.3 Å². The van der Waals surface area contributed by atoms with E-state index in [2.05, 4.69) is 78.7 Å². The maximum absolute atomic E-state index is 5.55. The van der Waals surface area contributed by atoms with Gasteiger partial charge in [0, 0.05) is 22.0 Å². The van der Waals surface area contributed by atoms with Crippen molar-refractivity contribution in [1.29, 1.82) is 0 Å². The number of aromatic nitrogens is 2. The summed E-state index contributed by atoms with van der Waals surface area (Å²) in [6.07, 6.45) is 0. The zero-order valence-corrected chi connectivity index (χ0v) is 17.9. The molecule has 3 aromatic carbocycles. The molecular weight excluding hydrogens is 374 g/mol. The Morgan fingerprint density at radius 2 is 1.33 bits per heavy atom. The second kappa shape index (κ2) is 8.03. The Morgan fingerprint density at radius 3 is 2.00 bits per heavy atom. The Morgan fingerprint density at radius 1 is 0.700 bits per heavy atom. The Labute approximate surface area is 176 Å². The lowest BCUT2D eigenvalue weighted by molar-refractivity contribution is 0.356. The van der Waals surface area contributed by atoms with Crippen molar-refractivity contribution in [3.63, 3.8) is 0 Å². The first-order valence-electron chi connectivity index (χ1n) is 9.84. The van der Waals surface area contributed by atoms with Crippen LogP contribution in [0.2, 0.25) is 0 Å². The molecule has 0 fully saturated rings. The van der Waals surface area contributed by atoms with Crippen LogP contribution in [-0.4, -0.2) is 24.4 Å². The lowest BCUT2D eigenvalue weighted by Crippen LogP contribution is -2.02. The highest BCUT2D eigenvalue weighted by Crippen LogP contribution is 2.39. The van der Waals surface area contributed by atoms with E-state index in [1.165, 1.54) is 11.1 Å². The van der Waals surface area contributed by atoms with E-state index in [4.69, 9.17) is 9.47 Å². The molecule has 0 bridgehead atoms. The van der Waals surface area contributed by atoms with Crippen molar-refractivity contribution in [2.75, 3.05) is 19.5 Å². The number of ether oxygens (including phenoxy) is 2. The number of rotatable bonds is 5. The van der Waals surface area contributed by atoms with Crippen LogP contribution < -0.4 is 14.8 Å². The lowest BCUT2D eigenvalue weighted by Gasteiger charge is -2.16. The van der Waals surface area contributed by atoms with E-state index >= 15 is 0 Å². The number of methoxy groups -OCH3 is 2. The fraction of sp³-hybridized carbons (Fsp3) is 0.200. The van der Waals surface area contributed by atoms with Gasteiger partial charge in [0.05, 0.1) is 14.2 Å². The van der Waals surface area contributed by atoms with E-state index in [0.29, 0.717) is 17.3 Å². The van der Waals surface area contributed by atoms with Crippen LogP contribution >= 0.6 is 0 Å². The van der Waals surface area contributed by atoms with Gasteiger partial charge in [0.25, 0.3) is 0 Å². The first-order valence-corrected chi connectivity index (χ1v) is 9.84. The van der Waals surface area contributed by atoms with Crippen LogP contribution in [0.25, 0.3) is 22.0 Å². The highest BCUT2D eigenvalue weighted by atomic mass is 16.5. The van der Waals surface area contributed by atoms with E-state index in [-0.39, 0.29) is 0 Å². The molecule has 0 amide bonds. The summed E-state index contributed by atoms with van der Waals surface area (Å²) in [4.78, 5) is 0. The fourth-order valence-corrected chi connectivity index (χ4v) is 3.49. The summed E-state index contributed by atoms with van der Waals surface area (Å²) >= 11 is 0. The van der Waals surface area contributed by atoms with Crippen LogP contribution in [0.1, 0.15) is 16.7 Å². The number of aryl methyl sites for hydroxylation is 3. The van der Waals surface area contributed by atoms with E-state index < -0.39 is 0 Å². The number of anilines is 2. The van der Waals surface area contributed by atoms with Gasteiger partial charge in [-0.1, -0.05) is 42.0 Å². The van der Waals surface area contributed by atoms with E-state index in [1.54, 1.807) is 14.2 Å². The second-order valence-corrected chi connectivity index (χ2v) is 7.46. The molecule has 0 spiro atoms. The maximum Gasteiger partial charge on any atom is 0.161 e. The predicted molar refractivity (Wildman–Crippen MR) is 122 cm³/mol. The van der Waals surface area contributed by atoms with Gasteiger partial charge in [-0.15, -0.1) is 10.2 Å². The monoisotopic (exact) mass is 399 g/mol. The van der Waals surface area contributed by atoms with Gasteiger partial charge in [-0.05, 0) is 50.1 Å². The summed E-state index contributed by atoms with van der Waals surface area (Å²) in [5.74, 6) is 1.98. The molecular formula is C25H25N3O2. The van der Waals surface area contributed by atoms with E-state index in [1.807, 2.05) is 12.1 Å². The SMILES string of the molecule is COc1cc2c(Nc3cc(C)ccc3C)nnc(-c3ccc(C)cc3)c2cc1OC. The molecule has 0 aliphatic rings. The van der Waals surface area contributed by atoms with Crippen LogP contribution in [-0.2, 0) is 0 Å².